The number of carbonyl (C=O) groups is 1. The lowest BCUT2D eigenvalue weighted by atomic mass is 10.1. The fourth-order valence-electron chi connectivity index (χ4n) is 2.74. The fourth-order valence-corrected chi connectivity index (χ4v) is 3.94. The summed E-state index contributed by atoms with van der Waals surface area (Å²) in [6.45, 7) is 2.32. The summed E-state index contributed by atoms with van der Waals surface area (Å²) in [5, 5.41) is 21.3. The van der Waals surface area contributed by atoms with Crippen molar-refractivity contribution in [2.45, 2.75) is 19.9 Å². The van der Waals surface area contributed by atoms with Crippen molar-refractivity contribution in [3.8, 4) is 5.75 Å². The highest BCUT2D eigenvalue weighted by atomic mass is 79.9. The van der Waals surface area contributed by atoms with E-state index in [0.29, 0.717) is 23.0 Å². The van der Waals surface area contributed by atoms with Gasteiger partial charge in [-0.15, -0.1) is 11.3 Å². The number of nitrogens with zero attached hydrogens (tertiary/aromatic N) is 1. The van der Waals surface area contributed by atoms with Crippen LogP contribution in [0.4, 0.5) is 4.39 Å². The number of carboxylic acid groups (broad SMARTS) is 1. The molecule has 3 rings (SSSR count). The minimum absolute atomic E-state index is 0.173. The van der Waals surface area contributed by atoms with E-state index in [4.69, 9.17) is 5.11 Å². The van der Waals surface area contributed by atoms with Crippen LogP contribution in [-0.2, 0) is 17.8 Å². The Labute approximate surface area is 143 Å². The Bertz CT molecular complexity index is 916. The highest BCUT2D eigenvalue weighted by Gasteiger charge is 2.19. The molecule has 23 heavy (non-hydrogen) atoms. The van der Waals surface area contributed by atoms with Crippen molar-refractivity contribution < 1.29 is 19.4 Å². The zero-order valence-electron chi connectivity index (χ0n) is 12.1. The van der Waals surface area contributed by atoms with Crippen LogP contribution >= 0.6 is 27.3 Å². The Morgan fingerprint density at radius 3 is 2.74 bits per heavy atom. The van der Waals surface area contributed by atoms with E-state index in [-0.39, 0.29) is 6.42 Å². The van der Waals surface area contributed by atoms with Gasteiger partial charge < -0.3 is 14.8 Å². The van der Waals surface area contributed by atoms with Gasteiger partial charge in [-0.05, 0) is 51.5 Å². The van der Waals surface area contributed by atoms with Crippen molar-refractivity contribution >= 4 is 44.1 Å². The van der Waals surface area contributed by atoms with Gasteiger partial charge in [0.1, 0.15) is 0 Å². The number of hydrogen-bond donors (Lipinski definition) is 2. The summed E-state index contributed by atoms with van der Waals surface area (Å²) in [6.07, 6.45) is -0.173. The van der Waals surface area contributed by atoms with Crippen LogP contribution in [0.5, 0.6) is 5.75 Å². The Hall–Kier alpha value is -1.86. The molecule has 0 saturated heterocycles. The number of phenols is 1. The maximum atomic E-state index is 13.8. The first-order valence-corrected chi connectivity index (χ1v) is 8.49. The maximum absolute atomic E-state index is 13.8. The van der Waals surface area contributed by atoms with Gasteiger partial charge in [0.2, 0.25) is 0 Å². The molecule has 1 aromatic carbocycles. The van der Waals surface area contributed by atoms with Crippen molar-refractivity contribution in [1.82, 2.24) is 4.57 Å². The van der Waals surface area contributed by atoms with Crippen LogP contribution in [0.25, 0.3) is 10.9 Å². The van der Waals surface area contributed by atoms with Gasteiger partial charge in [0.05, 0.1) is 15.7 Å². The average molecular weight is 398 g/mol. The van der Waals surface area contributed by atoms with Crippen LogP contribution in [0.1, 0.15) is 16.8 Å². The third-order valence-electron chi connectivity index (χ3n) is 3.81. The van der Waals surface area contributed by atoms with E-state index < -0.39 is 17.5 Å². The number of phenolic OH excluding ortho intramolecular Hbond substituents is 1. The molecular weight excluding hydrogens is 385 g/mol. The van der Waals surface area contributed by atoms with E-state index in [1.807, 2.05) is 22.9 Å². The number of aliphatic carboxylic acids is 1. The predicted molar refractivity (Wildman–Crippen MR) is 90.8 cm³/mol. The van der Waals surface area contributed by atoms with E-state index in [1.54, 1.807) is 11.3 Å². The molecule has 0 saturated carbocycles. The molecule has 0 unspecified atom stereocenters. The lowest BCUT2D eigenvalue weighted by Gasteiger charge is -2.07. The van der Waals surface area contributed by atoms with Gasteiger partial charge in [-0.3, -0.25) is 4.79 Å². The molecule has 0 radical (unpaired) electrons. The third kappa shape index (κ3) is 2.98. The van der Waals surface area contributed by atoms with Crippen LogP contribution in [0, 0.1) is 12.7 Å². The third-order valence-corrected chi connectivity index (χ3v) is 5.37. The summed E-state index contributed by atoms with van der Waals surface area (Å²) in [5.41, 5.74) is 2.97. The number of thiophene rings is 1. The Kier molecular flexibility index (Phi) is 4.16. The van der Waals surface area contributed by atoms with Crippen LogP contribution in [0.2, 0.25) is 0 Å². The number of halogens is 2. The lowest BCUT2D eigenvalue weighted by Crippen LogP contribution is -2.04. The molecule has 0 amide bonds. The second-order valence-electron chi connectivity index (χ2n) is 5.30. The Morgan fingerprint density at radius 1 is 1.39 bits per heavy atom. The normalized spacial score (nSPS) is 11.3. The molecule has 0 fully saturated rings. The van der Waals surface area contributed by atoms with Gasteiger partial charge in [-0.2, -0.15) is 0 Å². The molecule has 0 spiro atoms. The van der Waals surface area contributed by atoms with Gasteiger partial charge in [-0.25, -0.2) is 4.39 Å². The largest absolute Gasteiger partial charge is 0.505 e. The minimum Gasteiger partial charge on any atom is -0.505 e. The monoisotopic (exact) mass is 397 g/mol. The van der Waals surface area contributed by atoms with E-state index >= 15 is 0 Å². The lowest BCUT2D eigenvalue weighted by molar-refractivity contribution is -0.136. The number of fused-ring (bicyclic) bond motifs is 1. The van der Waals surface area contributed by atoms with E-state index in [2.05, 4.69) is 15.9 Å². The molecule has 3 aromatic rings. The molecule has 120 valence electrons. The molecule has 0 aliphatic carbocycles. The zero-order valence-corrected chi connectivity index (χ0v) is 14.5. The van der Waals surface area contributed by atoms with Gasteiger partial charge in [0.25, 0.3) is 0 Å². The number of hydrogen-bond acceptors (Lipinski definition) is 3. The molecule has 0 atom stereocenters. The summed E-state index contributed by atoms with van der Waals surface area (Å²) in [7, 11) is 0. The number of aromatic nitrogens is 1. The van der Waals surface area contributed by atoms with Gasteiger partial charge in [0, 0.05) is 23.7 Å². The van der Waals surface area contributed by atoms with Crippen LogP contribution in [0.3, 0.4) is 0 Å². The summed E-state index contributed by atoms with van der Waals surface area (Å²) in [4.78, 5) is 11.1. The molecule has 0 bridgehead atoms. The quantitative estimate of drug-likeness (QED) is 0.689. The highest BCUT2D eigenvalue weighted by molar-refractivity contribution is 9.11. The van der Waals surface area contributed by atoms with Gasteiger partial charge >= 0.3 is 5.97 Å². The van der Waals surface area contributed by atoms with Crippen LogP contribution in [0.15, 0.2) is 27.4 Å². The number of benzene rings is 1. The smallest absolute Gasteiger partial charge is 0.307 e. The summed E-state index contributed by atoms with van der Waals surface area (Å²) >= 11 is 4.96. The second-order valence-corrected chi connectivity index (χ2v) is 7.59. The molecule has 7 heteroatoms. The summed E-state index contributed by atoms with van der Waals surface area (Å²) < 4.78 is 16.7. The van der Waals surface area contributed by atoms with Crippen molar-refractivity contribution in [3.05, 3.63) is 50.0 Å². The summed E-state index contributed by atoms with van der Waals surface area (Å²) in [5.74, 6) is -2.15. The Balaban J connectivity index is 2.21. The van der Waals surface area contributed by atoms with Crippen molar-refractivity contribution in [1.29, 1.82) is 0 Å². The molecular formula is C16H13BrFNO3S. The highest BCUT2D eigenvalue weighted by Crippen LogP contribution is 2.32. The minimum atomic E-state index is -0.964. The number of rotatable bonds is 4. The molecule has 2 heterocycles. The summed E-state index contributed by atoms with van der Waals surface area (Å²) in [6, 6.07) is 4.53. The fraction of sp³-hybridized carbons (Fsp3) is 0.188. The van der Waals surface area contributed by atoms with Gasteiger partial charge in [-0.1, -0.05) is 0 Å². The van der Waals surface area contributed by atoms with Crippen molar-refractivity contribution in [2.75, 3.05) is 0 Å². The SMILES string of the molecule is Cc1c(CC(=O)O)c2cc(O)c(F)cc2n1Cc1csc(Br)c1. The second kappa shape index (κ2) is 5.98. The van der Waals surface area contributed by atoms with E-state index in [1.165, 1.54) is 12.1 Å². The first-order valence-electron chi connectivity index (χ1n) is 6.81. The molecule has 2 aromatic heterocycles. The topological polar surface area (TPSA) is 62.5 Å². The van der Waals surface area contributed by atoms with Crippen molar-refractivity contribution in [3.63, 3.8) is 0 Å². The van der Waals surface area contributed by atoms with Crippen LogP contribution in [-0.4, -0.2) is 20.7 Å². The van der Waals surface area contributed by atoms with Gasteiger partial charge in [0.15, 0.2) is 11.6 Å². The molecule has 0 aliphatic heterocycles. The van der Waals surface area contributed by atoms with E-state index in [9.17, 15) is 14.3 Å². The zero-order chi connectivity index (χ0) is 16.7. The molecule has 4 nitrogen and oxygen atoms in total. The molecule has 2 N–H and O–H groups in total. The first kappa shape index (κ1) is 16.0. The predicted octanol–water partition coefficient (Wildman–Crippen LogP) is 4.29. The van der Waals surface area contributed by atoms with E-state index in [0.717, 1.165) is 15.0 Å². The standard InChI is InChI=1S/C16H13BrFNO3S/c1-8-10(4-16(21)22)11-3-14(20)12(18)5-13(11)19(8)6-9-2-15(17)23-7-9/h2-3,5,7,20H,4,6H2,1H3,(H,21,22). The maximum Gasteiger partial charge on any atom is 0.307 e. The van der Waals surface area contributed by atoms with Crippen LogP contribution < -0.4 is 0 Å². The number of carboxylic acids is 1. The Morgan fingerprint density at radius 2 is 2.13 bits per heavy atom. The van der Waals surface area contributed by atoms with Crippen molar-refractivity contribution in [2.24, 2.45) is 0 Å². The average Bonchev–Trinajstić information content (AvgIpc) is 2.98. The first-order chi connectivity index (χ1) is 10.9. The molecule has 0 aliphatic rings. The number of aromatic hydroxyl groups is 1.